The zero-order valence-corrected chi connectivity index (χ0v) is 12.6. The van der Waals surface area contributed by atoms with E-state index in [-0.39, 0.29) is 5.78 Å². The van der Waals surface area contributed by atoms with E-state index in [1.54, 1.807) is 0 Å². The van der Waals surface area contributed by atoms with E-state index in [1.807, 2.05) is 29.5 Å². The Morgan fingerprint density at radius 3 is 3.14 bits per heavy atom. The first kappa shape index (κ1) is 13.0. The summed E-state index contributed by atoms with van der Waals surface area (Å²) in [5, 5.41) is 2.15. The molecule has 0 unspecified atom stereocenters. The molecule has 21 heavy (non-hydrogen) atoms. The van der Waals surface area contributed by atoms with Gasteiger partial charge in [-0.05, 0) is 47.2 Å². The van der Waals surface area contributed by atoms with Crippen molar-refractivity contribution in [1.29, 1.82) is 0 Å². The summed E-state index contributed by atoms with van der Waals surface area (Å²) >= 11 is 1.83. The number of rotatable bonds is 3. The van der Waals surface area contributed by atoms with E-state index in [0.717, 1.165) is 43.9 Å². The molecule has 0 aliphatic carbocycles. The van der Waals surface area contributed by atoms with Gasteiger partial charge in [-0.25, -0.2) is 0 Å². The van der Waals surface area contributed by atoms with E-state index < -0.39 is 0 Å². The van der Waals surface area contributed by atoms with Crippen LogP contribution in [-0.2, 0) is 19.4 Å². The first-order valence-electron chi connectivity index (χ1n) is 7.36. The highest BCUT2D eigenvalue weighted by Crippen LogP contribution is 2.27. The molecule has 3 heterocycles. The fraction of sp³-hybridized carbons (Fsp3) is 0.353. The van der Waals surface area contributed by atoms with Crippen molar-refractivity contribution in [2.75, 3.05) is 19.7 Å². The molecule has 0 radical (unpaired) electrons. The minimum atomic E-state index is 0.211. The Bertz CT molecular complexity index is 692. The number of carbonyl (C=O) groups is 1. The van der Waals surface area contributed by atoms with Gasteiger partial charge in [0.25, 0.3) is 0 Å². The van der Waals surface area contributed by atoms with E-state index >= 15 is 0 Å². The van der Waals surface area contributed by atoms with E-state index in [4.69, 9.17) is 4.74 Å². The average Bonchev–Trinajstić information content (AvgIpc) is 3.14. The smallest absolute Gasteiger partial charge is 0.176 e. The van der Waals surface area contributed by atoms with E-state index in [0.29, 0.717) is 6.54 Å². The predicted molar refractivity (Wildman–Crippen MR) is 83.3 cm³/mol. The van der Waals surface area contributed by atoms with Crippen LogP contribution in [0.25, 0.3) is 0 Å². The molecule has 108 valence electrons. The lowest BCUT2D eigenvalue weighted by Crippen LogP contribution is -2.34. The van der Waals surface area contributed by atoms with Crippen molar-refractivity contribution in [3.05, 3.63) is 51.2 Å². The van der Waals surface area contributed by atoms with Gasteiger partial charge in [-0.1, -0.05) is 0 Å². The molecule has 0 bridgehead atoms. The lowest BCUT2D eigenvalue weighted by atomic mass is 10.0. The molecule has 0 atom stereocenters. The normalized spacial score (nSPS) is 17.1. The van der Waals surface area contributed by atoms with Gasteiger partial charge in [0.05, 0.1) is 13.2 Å². The Kier molecular flexibility index (Phi) is 3.28. The number of thiophene rings is 1. The maximum atomic E-state index is 12.5. The number of benzene rings is 1. The van der Waals surface area contributed by atoms with Crippen molar-refractivity contribution in [3.63, 3.8) is 0 Å². The van der Waals surface area contributed by atoms with Gasteiger partial charge in [-0.2, -0.15) is 0 Å². The number of hydrogen-bond acceptors (Lipinski definition) is 4. The first-order chi connectivity index (χ1) is 10.3. The molecular formula is C17H17NO2S. The molecule has 1 aromatic carbocycles. The maximum absolute atomic E-state index is 12.5. The lowest BCUT2D eigenvalue weighted by molar-refractivity contribution is 0.0922. The second-order valence-electron chi connectivity index (χ2n) is 5.67. The standard InChI is InChI=1S/C17H17NO2S/c19-15(12-1-2-16-13(9-12)4-7-20-16)11-18-6-3-17-14(10-18)5-8-21-17/h1-2,5,8-9H,3-4,6-7,10-11H2. The summed E-state index contributed by atoms with van der Waals surface area (Å²) in [4.78, 5) is 16.2. The summed E-state index contributed by atoms with van der Waals surface area (Å²) in [5.41, 5.74) is 3.37. The molecule has 0 spiro atoms. The van der Waals surface area contributed by atoms with E-state index in [2.05, 4.69) is 16.3 Å². The molecular weight excluding hydrogens is 282 g/mol. The van der Waals surface area contributed by atoms with Crippen LogP contribution in [0.4, 0.5) is 0 Å². The van der Waals surface area contributed by atoms with Gasteiger partial charge < -0.3 is 4.74 Å². The SMILES string of the molecule is O=C(CN1CCc2sccc2C1)c1ccc2c(c1)CCO2. The molecule has 0 fully saturated rings. The second-order valence-corrected chi connectivity index (χ2v) is 6.67. The summed E-state index contributed by atoms with van der Waals surface area (Å²) in [7, 11) is 0. The first-order valence-corrected chi connectivity index (χ1v) is 8.24. The fourth-order valence-electron chi connectivity index (χ4n) is 3.10. The zero-order chi connectivity index (χ0) is 14.2. The van der Waals surface area contributed by atoms with Crippen molar-refractivity contribution in [2.24, 2.45) is 0 Å². The summed E-state index contributed by atoms with van der Waals surface area (Å²) < 4.78 is 5.49. The van der Waals surface area contributed by atoms with E-state index in [1.165, 1.54) is 16.0 Å². The summed E-state index contributed by atoms with van der Waals surface area (Å²) in [6, 6.07) is 8.02. The van der Waals surface area contributed by atoms with Gasteiger partial charge >= 0.3 is 0 Å². The molecule has 4 rings (SSSR count). The highest BCUT2D eigenvalue weighted by molar-refractivity contribution is 7.10. The molecule has 2 aromatic rings. The second kappa shape index (κ2) is 5.28. The summed E-state index contributed by atoms with van der Waals surface area (Å²) in [5.74, 6) is 1.15. The number of nitrogens with zero attached hydrogens (tertiary/aromatic N) is 1. The van der Waals surface area contributed by atoms with Crippen molar-refractivity contribution in [2.45, 2.75) is 19.4 Å². The molecule has 0 saturated carbocycles. The van der Waals surface area contributed by atoms with Gasteiger partial charge in [-0.3, -0.25) is 9.69 Å². The molecule has 0 saturated heterocycles. The summed E-state index contributed by atoms with van der Waals surface area (Å²) in [6.07, 6.45) is 1.98. The van der Waals surface area contributed by atoms with Crippen LogP contribution in [0.1, 0.15) is 26.4 Å². The topological polar surface area (TPSA) is 29.5 Å². The van der Waals surface area contributed by atoms with Crippen LogP contribution in [0.3, 0.4) is 0 Å². The monoisotopic (exact) mass is 299 g/mol. The van der Waals surface area contributed by atoms with Gasteiger partial charge in [0, 0.05) is 30.0 Å². The average molecular weight is 299 g/mol. The Hall–Kier alpha value is -1.65. The van der Waals surface area contributed by atoms with Gasteiger partial charge in [-0.15, -0.1) is 11.3 Å². The number of fused-ring (bicyclic) bond motifs is 2. The van der Waals surface area contributed by atoms with Crippen LogP contribution < -0.4 is 4.74 Å². The third-order valence-corrected chi connectivity index (χ3v) is 5.29. The van der Waals surface area contributed by atoms with Crippen LogP contribution in [0.2, 0.25) is 0 Å². The summed E-state index contributed by atoms with van der Waals surface area (Å²) in [6.45, 7) is 3.13. The molecule has 3 nitrogen and oxygen atoms in total. The number of ketones is 1. The third kappa shape index (κ3) is 2.49. The molecule has 4 heteroatoms. The minimum Gasteiger partial charge on any atom is -0.493 e. The third-order valence-electron chi connectivity index (χ3n) is 4.27. The Morgan fingerprint density at radius 1 is 1.24 bits per heavy atom. The highest BCUT2D eigenvalue weighted by Gasteiger charge is 2.21. The largest absolute Gasteiger partial charge is 0.493 e. The van der Waals surface area contributed by atoms with Crippen LogP contribution >= 0.6 is 11.3 Å². The number of carbonyl (C=O) groups excluding carboxylic acids is 1. The van der Waals surface area contributed by atoms with Gasteiger partial charge in [0.2, 0.25) is 0 Å². The molecule has 0 amide bonds. The highest BCUT2D eigenvalue weighted by atomic mass is 32.1. The van der Waals surface area contributed by atoms with Crippen LogP contribution in [0.5, 0.6) is 5.75 Å². The number of ether oxygens (including phenoxy) is 1. The molecule has 1 aromatic heterocycles. The number of Topliss-reactive ketones (excluding diaryl/α,β-unsaturated/α-hetero) is 1. The molecule has 0 N–H and O–H groups in total. The quantitative estimate of drug-likeness (QED) is 0.816. The van der Waals surface area contributed by atoms with Crippen LogP contribution in [0.15, 0.2) is 29.6 Å². The van der Waals surface area contributed by atoms with Crippen molar-refractivity contribution in [3.8, 4) is 5.75 Å². The van der Waals surface area contributed by atoms with E-state index in [9.17, 15) is 4.79 Å². The van der Waals surface area contributed by atoms with Crippen LogP contribution in [0, 0.1) is 0 Å². The predicted octanol–water partition coefficient (Wildman–Crippen LogP) is 2.92. The maximum Gasteiger partial charge on any atom is 0.176 e. The molecule has 2 aliphatic rings. The Morgan fingerprint density at radius 2 is 2.19 bits per heavy atom. The van der Waals surface area contributed by atoms with Crippen molar-refractivity contribution < 1.29 is 9.53 Å². The van der Waals surface area contributed by atoms with Crippen LogP contribution in [-0.4, -0.2) is 30.4 Å². The van der Waals surface area contributed by atoms with Gasteiger partial charge in [0.15, 0.2) is 5.78 Å². The van der Waals surface area contributed by atoms with Crippen molar-refractivity contribution in [1.82, 2.24) is 4.90 Å². The van der Waals surface area contributed by atoms with Gasteiger partial charge in [0.1, 0.15) is 5.75 Å². The fourth-order valence-corrected chi connectivity index (χ4v) is 3.99. The Balaban J connectivity index is 1.47. The van der Waals surface area contributed by atoms with Crippen molar-refractivity contribution >= 4 is 17.1 Å². The minimum absolute atomic E-state index is 0.211. The lowest BCUT2D eigenvalue weighted by Gasteiger charge is -2.26. The zero-order valence-electron chi connectivity index (χ0n) is 11.8. The molecule has 2 aliphatic heterocycles. The number of hydrogen-bond donors (Lipinski definition) is 0. The Labute approximate surface area is 128 Å².